The Balaban J connectivity index is 1.74. The second kappa shape index (κ2) is 5.81. The summed E-state index contributed by atoms with van der Waals surface area (Å²) in [4.78, 5) is 23.6. The quantitative estimate of drug-likeness (QED) is 0.869. The maximum Gasteiger partial charge on any atom is 0.264 e. The van der Waals surface area contributed by atoms with E-state index in [-0.39, 0.29) is 17.5 Å². The maximum atomic E-state index is 12.3. The van der Waals surface area contributed by atoms with Crippen molar-refractivity contribution in [2.24, 2.45) is 0 Å². The lowest BCUT2D eigenvalue weighted by Gasteiger charge is -2.24. The molecule has 0 unspecified atom stereocenters. The smallest absolute Gasteiger partial charge is 0.264 e. The summed E-state index contributed by atoms with van der Waals surface area (Å²) in [6.45, 7) is 0. The fraction of sp³-hybridized carbons (Fsp3) is 0.267. The van der Waals surface area contributed by atoms with Crippen LogP contribution in [0, 0.1) is 0 Å². The summed E-state index contributed by atoms with van der Waals surface area (Å²) in [5.74, 6) is -0.103. The van der Waals surface area contributed by atoms with Crippen molar-refractivity contribution in [3.8, 4) is 0 Å². The minimum absolute atomic E-state index is 0.0284. The molecule has 0 aliphatic heterocycles. The van der Waals surface area contributed by atoms with Crippen LogP contribution < -0.4 is 10.9 Å². The Morgan fingerprint density at radius 2 is 2.19 bits per heavy atom. The third-order valence-electron chi connectivity index (χ3n) is 3.63. The van der Waals surface area contributed by atoms with Gasteiger partial charge in [0.15, 0.2) is 0 Å². The van der Waals surface area contributed by atoms with E-state index in [1.54, 1.807) is 12.1 Å². The number of halogens is 1. The largest absolute Gasteiger partial charge is 0.349 e. The number of nitrogens with zero attached hydrogens (tertiary/aromatic N) is 1. The summed E-state index contributed by atoms with van der Waals surface area (Å²) >= 11 is 3.38. The Hall–Kier alpha value is -1.95. The van der Waals surface area contributed by atoms with Gasteiger partial charge in [0.25, 0.3) is 11.5 Å². The van der Waals surface area contributed by atoms with Gasteiger partial charge in [-0.25, -0.2) is 5.10 Å². The lowest BCUT2D eigenvalue weighted by atomic mass is 9.92. The molecule has 2 N–H and O–H groups in total. The summed E-state index contributed by atoms with van der Waals surface area (Å²) < 4.78 is 0.775. The normalized spacial score (nSPS) is 17.1. The fourth-order valence-electron chi connectivity index (χ4n) is 2.57. The highest BCUT2D eigenvalue weighted by molar-refractivity contribution is 9.10. The van der Waals surface area contributed by atoms with Crippen LogP contribution in [0.15, 0.2) is 39.6 Å². The number of hydrogen-bond acceptors (Lipinski definition) is 3. The molecule has 1 amide bonds. The number of aromatic nitrogens is 2. The van der Waals surface area contributed by atoms with Crippen LogP contribution in [0.25, 0.3) is 0 Å². The number of carbonyl (C=O) groups excluding carboxylic acids is 1. The van der Waals surface area contributed by atoms with Gasteiger partial charge in [-0.2, -0.15) is 5.10 Å². The topological polar surface area (TPSA) is 74.8 Å². The highest BCUT2D eigenvalue weighted by atomic mass is 79.9. The predicted octanol–water partition coefficient (Wildman–Crippen LogP) is 1.82. The molecule has 5 nitrogen and oxygen atoms in total. The van der Waals surface area contributed by atoms with Gasteiger partial charge in [0.05, 0.1) is 11.3 Å². The number of fused-ring (bicyclic) bond motifs is 1. The summed E-state index contributed by atoms with van der Waals surface area (Å²) in [6.07, 6.45) is 2.22. The Morgan fingerprint density at radius 1 is 1.38 bits per heavy atom. The third kappa shape index (κ3) is 3.05. The van der Waals surface area contributed by atoms with Crippen LogP contribution in [-0.2, 0) is 12.8 Å². The molecule has 0 spiro atoms. The second-order valence-electron chi connectivity index (χ2n) is 5.10. The van der Waals surface area contributed by atoms with Gasteiger partial charge in [-0.05, 0) is 52.9 Å². The number of hydrogen-bond donors (Lipinski definition) is 2. The minimum Gasteiger partial charge on any atom is -0.349 e. The first-order valence-electron chi connectivity index (χ1n) is 6.76. The van der Waals surface area contributed by atoms with Gasteiger partial charge in [0.2, 0.25) is 0 Å². The van der Waals surface area contributed by atoms with E-state index < -0.39 is 0 Å². The van der Waals surface area contributed by atoms with E-state index in [1.807, 2.05) is 18.2 Å². The number of aryl methyl sites for hydroxylation is 1. The molecule has 21 heavy (non-hydrogen) atoms. The van der Waals surface area contributed by atoms with Crippen molar-refractivity contribution in [3.63, 3.8) is 0 Å². The van der Waals surface area contributed by atoms with Crippen LogP contribution >= 0.6 is 15.9 Å². The van der Waals surface area contributed by atoms with Crippen LogP contribution in [0.4, 0.5) is 0 Å². The maximum absolute atomic E-state index is 12.3. The average molecular weight is 348 g/mol. The van der Waals surface area contributed by atoms with Gasteiger partial charge in [0.1, 0.15) is 0 Å². The molecule has 3 rings (SSSR count). The second-order valence-corrected chi connectivity index (χ2v) is 5.95. The molecule has 1 aliphatic rings. The Kier molecular flexibility index (Phi) is 3.88. The van der Waals surface area contributed by atoms with Gasteiger partial charge in [-0.15, -0.1) is 0 Å². The summed E-state index contributed by atoms with van der Waals surface area (Å²) in [5, 5.41) is 9.52. The first-order chi connectivity index (χ1) is 10.1. The monoisotopic (exact) mass is 347 g/mol. The number of benzene rings is 1. The number of rotatable bonds is 2. The molecule has 1 aromatic carbocycles. The Labute approximate surface area is 129 Å². The minimum atomic E-state index is -0.202. The van der Waals surface area contributed by atoms with Crippen LogP contribution in [0.3, 0.4) is 0 Å². The van der Waals surface area contributed by atoms with Crippen molar-refractivity contribution in [1.29, 1.82) is 0 Å². The van der Waals surface area contributed by atoms with Crippen LogP contribution in [0.2, 0.25) is 0 Å². The zero-order valence-corrected chi connectivity index (χ0v) is 12.8. The third-order valence-corrected chi connectivity index (χ3v) is 4.32. The van der Waals surface area contributed by atoms with Gasteiger partial charge in [-0.3, -0.25) is 9.59 Å². The van der Waals surface area contributed by atoms with Gasteiger partial charge < -0.3 is 5.32 Å². The van der Waals surface area contributed by atoms with E-state index in [2.05, 4.69) is 31.4 Å². The van der Waals surface area contributed by atoms with Crippen LogP contribution in [-0.4, -0.2) is 22.1 Å². The van der Waals surface area contributed by atoms with Crippen molar-refractivity contribution in [1.82, 2.24) is 15.5 Å². The Morgan fingerprint density at radius 3 is 3.00 bits per heavy atom. The van der Waals surface area contributed by atoms with E-state index in [4.69, 9.17) is 0 Å². The number of carbonyl (C=O) groups is 1. The molecule has 2 aromatic rings. The average Bonchev–Trinajstić information content (AvgIpc) is 2.47. The van der Waals surface area contributed by atoms with E-state index in [9.17, 15) is 9.59 Å². The first kappa shape index (κ1) is 14.0. The van der Waals surface area contributed by atoms with E-state index >= 15 is 0 Å². The molecular weight excluding hydrogens is 334 g/mol. The van der Waals surface area contributed by atoms with Crippen molar-refractivity contribution in [2.75, 3.05) is 0 Å². The molecular formula is C15H14BrN3O2. The first-order valence-corrected chi connectivity index (χ1v) is 7.55. The molecule has 0 saturated heterocycles. The van der Waals surface area contributed by atoms with Crippen LogP contribution in [0.1, 0.15) is 28.0 Å². The Bertz CT molecular complexity index is 742. The zero-order chi connectivity index (χ0) is 14.8. The SMILES string of the molecule is O=C(N[C@@H]1CCc2n[nH]c(=O)cc2C1)c1ccccc1Br. The summed E-state index contributed by atoms with van der Waals surface area (Å²) in [6, 6.07) is 8.92. The molecule has 1 heterocycles. The number of amides is 1. The highest BCUT2D eigenvalue weighted by Gasteiger charge is 2.22. The zero-order valence-electron chi connectivity index (χ0n) is 11.2. The molecule has 0 bridgehead atoms. The number of aromatic amines is 1. The van der Waals surface area contributed by atoms with E-state index in [0.717, 1.165) is 28.6 Å². The molecule has 6 heteroatoms. The lowest BCUT2D eigenvalue weighted by molar-refractivity contribution is 0.0932. The molecule has 1 atom stereocenters. The lowest BCUT2D eigenvalue weighted by Crippen LogP contribution is -2.39. The van der Waals surface area contributed by atoms with E-state index in [1.165, 1.54) is 0 Å². The van der Waals surface area contributed by atoms with Crippen LogP contribution in [0.5, 0.6) is 0 Å². The van der Waals surface area contributed by atoms with Gasteiger partial charge >= 0.3 is 0 Å². The summed E-state index contributed by atoms with van der Waals surface area (Å²) in [5.41, 5.74) is 2.25. The van der Waals surface area contributed by atoms with E-state index in [0.29, 0.717) is 12.0 Å². The predicted molar refractivity (Wildman–Crippen MR) is 82.3 cm³/mol. The highest BCUT2D eigenvalue weighted by Crippen LogP contribution is 2.20. The fourth-order valence-corrected chi connectivity index (χ4v) is 3.04. The summed E-state index contributed by atoms with van der Waals surface area (Å²) in [7, 11) is 0. The number of H-pyrrole nitrogens is 1. The molecule has 108 valence electrons. The van der Waals surface area contributed by atoms with Gasteiger partial charge in [0, 0.05) is 16.6 Å². The molecule has 0 saturated carbocycles. The standard InChI is InChI=1S/C15H14BrN3O2/c16-12-4-2-1-3-11(12)15(21)17-10-5-6-13-9(7-10)8-14(20)19-18-13/h1-4,8,10H,5-7H2,(H,17,21)(H,19,20)/t10-/m1/s1. The van der Waals surface area contributed by atoms with Crippen molar-refractivity contribution in [2.45, 2.75) is 25.3 Å². The molecule has 0 radical (unpaired) electrons. The van der Waals surface area contributed by atoms with Crippen molar-refractivity contribution in [3.05, 3.63) is 62.0 Å². The van der Waals surface area contributed by atoms with Gasteiger partial charge in [-0.1, -0.05) is 12.1 Å². The molecule has 1 aliphatic carbocycles. The number of nitrogens with one attached hydrogen (secondary N) is 2. The molecule has 0 fully saturated rings. The van der Waals surface area contributed by atoms with Crippen molar-refractivity contribution < 1.29 is 4.79 Å². The van der Waals surface area contributed by atoms with Crippen molar-refractivity contribution >= 4 is 21.8 Å². The molecule has 1 aromatic heterocycles.